The first kappa shape index (κ1) is 14.5. The predicted octanol–water partition coefficient (Wildman–Crippen LogP) is 1.26. The zero-order chi connectivity index (χ0) is 15.5. The van der Waals surface area contributed by atoms with Crippen molar-refractivity contribution in [2.45, 2.75) is 13.0 Å². The number of carbonyl (C=O) groups is 1. The number of rotatable bonds is 3. The standard InChI is InChI=1S/C13H16N6O2S/c1-14-12(20)18-13-16-8-4-6-19(7-9(8)22-13)11-15-5-3-10(17-11)21-2/h3,5H,4,6-7H2,1-2H3,(H2,14,16,18,20). The molecule has 0 aromatic carbocycles. The molecule has 2 aromatic heterocycles. The van der Waals surface area contributed by atoms with Gasteiger partial charge in [0.2, 0.25) is 11.8 Å². The van der Waals surface area contributed by atoms with Crippen LogP contribution in [0.2, 0.25) is 0 Å². The van der Waals surface area contributed by atoms with Crippen molar-refractivity contribution >= 4 is 28.4 Å². The van der Waals surface area contributed by atoms with Crippen LogP contribution in [-0.4, -0.2) is 41.7 Å². The van der Waals surface area contributed by atoms with Crippen LogP contribution in [0, 0.1) is 0 Å². The van der Waals surface area contributed by atoms with E-state index in [4.69, 9.17) is 4.74 Å². The number of urea groups is 1. The summed E-state index contributed by atoms with van der Waals surface area (Å²) in [4.78, 5) is 27.6. The fourth-order valence-corrected chi connectivity index (χ4v) is 3.20. The third kappa shape index (κ3) is 2.93. The summed E-state index contributed by atoms with van der Waals surface area (Å²) >= 11 is 1.48. The minimum Gasteiger partial charge on any atom is -0.481 e. The van der Waals surface area contributed by atoms with E-state index in [9.17, 15) is 4.79 Å². The van der Waals surface area contributed by atoms with E-state index in [1.54, 1.807) is 26.4 Å². The van der Waals surface area contributed by atoms with E-state index in [1.807, 2.05) is 0 Å². The SMILES string of the molecule is CNC(=O)Nc1nc2c(s1)CN(c1nccc(OC)n1)CC2. The number of hydrogen-bond acceptors (Lipinski definition) is 7. The lowest BCUT2D eigenvalue weighted by molar-refractivity contribution is 0.254. The number of hydrogen-bond donors (Lipinski definition) is 2. The summed E-state index contributed by atoms with van der Waals surface area (Å²) in [5.41, 5.74) is 1.02. The van der Waals surface area contributed by atoms with Gasteiger partial charge >= 0.3 is 6.03 Å². The Morgan fingerprint density at radius 2 is 2.32 bits per heavy atom. The lowest BCUT2D eigenvalue weighted by atomic mass is 10.2. The summed E-state index contributed by atoms with van der Waals surface area (Å²) in [5.74, 6) is 1.18. The van der Waals surface area contributed by atoms with E-state index >= 15 is 0 Å². The molecule has 0 radical (unpaired) electrons. The van der Waals surface area contributed by atoms with Crippen molar-refractivity contribution in [3.8, 4) is 5.88 Å². The molecule has 8 nitrogen and oxygen atoms in total. The Morgan fingerprint density at radius 1 is 1.45 bits per heavy atom. The zero-order valence-corrected chi connectivity index (χ0v) is 13.1. The molecule has 0 fully saturated rings. The van der Waals surface area contributed by atoms with Gasteiger partial charge in [-0.15, -0.1) is 0 Å². The van der Waals surface area contributed by atoms with Gasteiger partial charge in [-0.25, -0.2) is 14.8 Å². The Hall–Kier alpha value is -2.42. The normalized spacial score (nSPS) is 13.5. The van der Waals surface area contributed by atoms with Gasteiger partial charge in [-0.1, -0.05) is 11.3 Å². The molecule has 1 aliphatic heterocycles. The third-order valence-corrected chi connectivity index (χ3v) is 4.29. The lowest BCUT2D eigenvalue weighted by Crippen LogP contribution is -2.31. The van der Waals surface area contributed by atoms with Crippen molar-refractivity contribution in [3.63, 3.8) is 0 Å². The summed E-state index contributed by atoms with van der Waals surface area (Å²) in [6, 6.07) is 1.45. The average Bonchev–Trinajstić information content (AvgIpc) is 2.95. The second-order valence-electron chi connectivity index (χ2n) is 4.66. The minimum atomic E-state index is -0.265. The van der Waals surface area contributed by atoms with Gasteiger partial charge in [0.15, 0.2) is 5.13 Å². The first-order valence-corrected chi connectivity index (χ1v) is 7.60. The highest BCUT2D eigenvalue weighted by Gasteiger charge is 2.23. The van der Waals surface area contributed by atoms with Crippen LogP contribution in [-0.2, 0) is 13.0 Å². The summed E-state index contributed by atoms with van der Waals surface area (Å²) in [7, 11) is 3.16. The molecule has 22 heavy (non-hydrogen) atoms. The number of amides is 2. The molecule has 0 saturated carbocycles. The number of nitrogens with zero attached hydrogens (tertiary/aromatic N) is 4. The van der Waals surface area contributed by atoms with Crippen molar-refractivity contribution in [1.82, 2.24) is 20.3 Å². The number of fused-ring (bicyclic) bond motifs is 1. The molecule has 9 heteroatoms. The van der Waals surface area contributed by atoms with E-state index in [0.717, 1.165) is 23.5 Å². The lowest BCUT2D eigenvalue weighted by Gasteiger charge is -2.25. The molecule has 3 rings (SSSR count). The molecule has 116 valence electrons. The Balaban J connectivity index is 1.77. The van der Waals surface area contributed by atoms with Crippen LogP contribution >= 0.6 is 11.3 Å². The quantitative estimate of drug-likeness (QED) is 0.884. The molecule has 1 aliphatic rings. The summed E-state index contributed by atoms with van der Waals surface area (Å²) < 4.78 is 5.13. The van der Waals surface area contributed by atoms with Crippen LogP contribution in [0.25, 0.3) is 0 Å². The molecular weight excluding hydrogens is 304 g/mol. The fourth-order valence-electron chi connectivity index (χ4n) is 2.18. The molecule has 0 unspecified atom stereocenters. The Labute approximate surface area is 131 Å². The van der Waals surface area contributed by atoms with Crippen LogP contribution in [0.4, 0.5) is 15.9 Å². The Morgan fingerprint density at radius 3 is 3.09 bits per heavy atom. The number of aromatic nitrogens is 3. The van der Waals surface area contributed by atoms with Crippen molar-refractivity contribution in [1.29, 1.82) is 0 Å². The second-order valence-corrected chi connectivity index (χ2v) is 5.75. The van der Waals surface area contributed by atoms with E-state index in [0.29, 0.717) is 23.5 Å². The molecule has 0 atom stereocenters. The number of thiazole rings is 1. The van der Waals surface area contributed by atoms with Crippen LogP contribution in [0.5, 0.6) is 5.88 Å². The minimum absolute atomic E-state index is 0.265. The predicted molar refractivity (Wildman–Crippen MR) is 83.5 cm³/mol. The van der Waals surface area contributed by atoms with Gasteiger partial charge in [-0.3, -0.25) is 5.32 Å². The highest BCUT2D eigenvalue weighted by atomic mass is 32.1. The van der Waals surface area contributed by atoms with Gasteiger partial charge in [-0.05, 0) is 0 Å². The van der Waals surface area contributed by atoms with Crippen molar-refractivity contribution in [2.24, 2.45) is 0 Å². The topological polar surface area (TPSA) is 92.3 Å². The highest BCUT2D eigenvalue weighted by Crippen LogP contribution is 2.29. The van der Waals surface area contributed by atoms with Gasteiger partial charge in [0.25, 0.3) is 0 Å². The maximum atomic E-state index is 11.4. The summed E-state index contributed by atoms with van der Waals surface area (Å²) in [5, 5.41) is 5.83. The molecule has 0 bridgehead atoms. The van der Waals surface area contributed by atoms with E-state index in [-0.39, 0.29) is 6.03 Å². The maximum Gasteiger partial charge on any atom is 0.320 e. The van der Waals surface area contributed by atoms with Crippen LogP contribution in [0.3, 0.4) is 0 Å². The molecule has 3 heterocycles. The Bertz CT molecular complexity index is 689. The van der Waals surface area contributed by atoms with Crippen molar-refractivity contribution in [3.05, 3.63) is 22.8 Å². The van der Waals surface area contributed by atoms with Gasteiger partial charge in [-0.2, -0.15) is 4.98 Å². The number of methoxy groups -OCH3 is 1. The van der Waals surface area contributed by atoms with E-state index in [1.165, 1.54) is 11.3 Å². The number of carbonyl (C=O) groups excluding carboxylic acids is 1. The smallest absolute Gasteiger partial charge is 0.320 e. The van der Waals surface area contributed by atoms with E-state index < -0.39 is 0 Å². The van der Waals surface area contributed by atoms with Crippen LogP contribution in [0.1, 0.15) is 10.6 Å². The van der Waals surface area contributed by atoms with Crippen molar-refractivity contribution < 1.29 is 9.53 Å². The summed E-state index contributed by atoms with van der Waals surface area (Å²) in [6.45, 7) is 1.46. The molecule has 2 aromatic rings. The number of nitrogens with one attached hydrogen (secondary N) is 2. The fraction of sp³-hybridized carbons (Fsp3) is 0.385. The van der Waals surface area contributed by atoms with Gasteiger partial charge < -0.3 is 15.0 Å². The molecule has 2 N–H and O–H groups in total. The van der Waals surface area contributed by atoms with Gasteiger partial charge in [0, 0.05) is 37.2 Å². The van der Waals surface area contributed by atoms with Crippen LogP contribution in [0.15, 0.2) is 12.3 Å². The monoisotopic (exact) mass is 320 g/mol. The zero-order valence-electron chi connectivity index (χ0n) is 12.3. The Kier molecular flexibility index (Phi) is 4.05. The average molecular weight is 320 g/mol. The van der Waals surface area contributed by atoms with Crippen LogP contribution < -0.4 is 20.3 Å². The first-order valence-electron chi connectivity index (χ1n) is 6.79. The molecule has 0 spiro atoms. The molecular formula is C13H16N6O2S. The van der Waals surface area contributed by atoms with Gasteiger partial charge in [0.1, 0.15) is 0 Å². The molecule has 0 aliphatic carbocycles. The molecule has 0 saturated heterocycles. The third-order valence-electron chi connectivity index (χ3n) is 3.29. The number of anilines is 2. The number of ether oxygens (including phenoxy) is 1. The maximum absolute atomic E-state index is 11.4. The molecule has 2 amide bonds. The highest BCUT2D eigenvalue weighted by molar-refractivity contribution is 7.15. The largest absolute Gasteiger partial charge is 0.481 e. The first-order chi connectivity index (χ1) is 10.7. The van der Waals surface area contributed by atoms with Gasteiger partial charge in [0.05, 0.1) is 19.3 Å². The van der Waals surface area contributed by atoms with E-state index in [2.05, 4.69) is 30.5 Å². The summed E-state index contributed by atoms with van der Waals surface area (Å²) in [6.07, 6.45) is 2.48. The second kappa shape index (κ2) is 6.14. The van der Waals surface area contributed by atoms with Crippen molar-refractivity contribution in [2.75, 3.05) is 30.9 Å².